The Labute approximate surface area is 271 Å². The van der Waals surface area contributed by atoms with E-state index in [1.165, 1.54) is 56.9 Å². The second-order valence-corrected chi connectivity index (χ2v) is 14.6. The molecule has 2 aliphatic rings. The van der Waals surface area contributed by atoms with Gasteiger partial charge < -0.3 is 19.1 Å². The van der Waals surface area contributed by atoms with Gasteiger partial charge in [0.15, 0.2) is 0 Å². The van der Waals surface area contributed by atoms with E-state index < -0.39 is 0 Å². The van der Waals surface area contributed by atoms with Crippen molar-refractivity contribution in [2.45, 2.75) is 132 Å². The van der Waals surface area contributed by atoms with Crippen LogP contribution >= 0.6 is 11.6 Å². The molecule has 1 fully saturated rings. The molecule has 1 aromatic heterocycles. The fourth-order valence-electron chi connectivity index (χ4n) is 6.78. The zero-order valence-electron chi connectivity index (χ0n) is 28.7. The molecule has 2 aliphatic heterocycles. The molecule has 0 spiro atoms. The second kappa shape index (κ2) is 15.9. The van der Waals surface area contributed by atoms with Crippen LogP contribution < -0.4 is 14.4 Å². The van der Waals surface area contributed by atoms with E-state index in [9.17, 15) is 0 Å². The third kappa shape index (κ3) is 9.45. The molecule has 0 amide bonds. The maximum Gasteiger partial charge on any atom is 0.328 e. The molecule has 246 valence electrons. The standard InChI is InChI=1S/C36H57ClN4O3/c1-24(2)12-9-13-25(3)14-10-15-26(4)16-11-18-36(8)19-17-30-29(7)31(27(5)28(6)32(30)44-36)43-35-39-33(37)38-34(40-35)41-20-22-42-23-21-41/h24-26H,9-23H2,1-8H3/t25-,26-,36-/m1/s1. The summed E-state index contributed by atoms with van der Waals surface area (Å²) in [6.45, 7) is 20.9. The largest absolute Gasteiger partial charge is 0.487 e. The number of hydrogen-bond acceptors (Lipinski definition) is 7. The summed E-state index contributed by atoms with van der Waals surface area (Å²) in [5.41, 5.74) is 4.34. The highest BCUT2D eigenvalue weighted by atomic mass is 35.5. The number of morpholine rings is 1. The fourth-order valence-corrected chi connectivity index (χ4v) is 6.92. The predicted molar refractivity (Wildman–Crippen MR) is 181 cm³/mol. The van der Waals surface area contributed by atoms with Crippen molar-refractivity contribution in [1.82, 2.24) is 15.0 Å². The molecule has 1 aromatic carbocycles. The zero-order valence-corrected chi connectivity index (χ0v) is 29.5. The number of anilines is 1. The Hall–Kier alpha value is -2.12. The molecular weight excluding hydrogens is 572 g/mol. The van der Waals surface area contributed by atoms with Crippen molar-refractivity contribution in [2.75, 3.05) is 31.2 Å². The minimum Gasteiger partial charge on any atom is -0.487 e. The number of nitrogens with zero attached hydrogens (tertiary/aromatic N) is 4. The molecule has 0 N–H and O–H groups in total. The number of fused-ring (bicyclic) bond motifs is 1. The molecule has 3 atom stereocenters. The van der Waals surface area contributed by atoms with Crippen molar-refractivity contribution in [3.63, 3.8) is 0 Å². The Balaban J connectivity index is 1.33. The van der Waals surface area contributed by atoms with Gasteiger partial charge in [0.25, 0.3) is 0 Å². The van der Waals surface area contributed by atoms with Gasteiger partial charge in [0.1, 0.15) is 17.1 Å². The van der Waals surface area contributed by atoms with Crippen molar-refractivity contribution in [1.29, 1.82) is 0 Å². The monoisotopic (exact) mass is 628 g/mol. The van der Waals surface area contributed by atoms with E-state index in [1.54, 1.807) is 0 Å². The van der Waals surface area contributed by atoms with Gasteiger partial charge in [0, 0.05) is 18.7 Å². The third-order valence-corrected chi connectivity index (χ3v) is 10.1. The van der Waals surface area contributed by atoms with E-state index in [0.717, 1.165) is 65.2 Å². The van der Waals surface area contributed by atoms with Crippen LogP contribution in [-0.4, -0.2) is 46.9 Å². The molecule has 7 nitrogen and oxygen atoms in total. The van der Waals surface area contributed by atoms with Crippen LogP contribution in [0.2, 0.25) is 5.28 Å². The number of ether oxygens (including phenoxy) is 3. The summed E-state index contributed by atoms with van der Waals surface area (Å²) in [7, 11) is 0. The minimum absolute atomic E-state index is 0.126. The molecule has 0 unspecified atom stereocenters. The predicted octanol–water partition coefficient (Wildman–Crippen LogP) is 9.60. The quantitative estimate of drug-likeness (QED) is 0.194. The Morgan fingerprint density at radius 1 is 0.841 bits per heavy atom. The Morgan fingerprint density at radius 2 is 1.48 bits per heavy atom. The maximum absolute atomic E-state index is 6.85. The van der Waals surface area contributed by atoms with Crippen LogP contribution in [0.4, 0.5) is 5.95 Å². The Kier molecular flexibility index (Phi) is 12.6. The van der Waals surface area contributed by atoms with Gasteiger partial charge in [-0.05, 0) is 99.4 Å². The second-order valence-electron chi connectivity index (χ2n) is 14.3. The summed E-state index contributed by atoms with van der Waals surface area (Å²) in [4.78, 5) is 15.3. The number of hydrogen-bond donors (Lipinski definition) is 0. The minimum atomic E-state index is -0.140. The van der Waals surface area contributed by atoms with Crippen molar-refractivity contribution in [2.24, 2.45) is 17.8 Å². The normalized spacial score (nSPS) is 19.9. The summed E-state index contributed by atoms with van der Waals surface area (Å²) in [6.07, 6.45) is 13.8. The Morgan fingerprint density at radius 3 is 2.14 bits per heavy atom. The average Bonchev–Trinajstić information content (AvgIpc) is 2.98. The molecule has 44 heavy (non-hydrogen) atoms. The van der Waals surface area contributed by atoms with Gasteiger partial charge >= 0.3 is 6.01 Å². The molecule has 8 heteroatoms. The molecule has 3 heterocycles. The van der Waals surface area contributed by atoms with Gasteiger partial charge in [-0.15, -0.1) is 0 Å². The van der Waals surface area contributed by atoms with Crippen LogP contribution in [0.15, 0.2) is 0 Å². The number of halogens is 1. The Bertz CT molecular complexity index is 1230. The van der Waals surface area contributed by atoms with E-state index in [-0.39, 0.29) is 16.9 Å². The molecule has 2 aromatic rings. The smallest absolute Gasteiger partial charge is 0.328 e. The molecule has 0 saturated carbocycles. The molecule has 0 aliphatic carbocycles. The first-order valence-corrected chi connectivity index (χ1v) is 17.6. The first kappa shape index (κ1) is 34.7. The summed E-state index contributed by atoms with van der Waals surface area (Å²) in [5.74, 6) is 4.80. The van der Waals surface area contributed by atoms with E-state index in [0.29, 0.717) is 32.3 Å². The zero-order chi connectivity index (χ0) is 31.9. The average molecular weight is 629 g/mol. The first-order chi connectivity index (χ1) is 21.0. The van der Waals surface area contributed by atoms with Crippen LogP contribution in [0, 0.1) is 38.5 Å². The van der Waals surface area contributed by atoms with Crippen LogP contribution in [-0.2, 0) is 11.2 Å². The highest BCUT2D eigenvalue weighted by molar-refractivity contribution is 6.28. The van der Waals surface area contributed by atoms with Gasteiger partial charge in [-0.1, -0.05) is 72.6 Å². The number of aromatic nitrogens is 3. The third-order valence-electron chi connectivity index (χ3n) is 9.90. The lowest BCUT2D eigenvalue weighted by Crippen LogP contribution is -2.37. The van der Waals surface area contributed by atoms with E-state index >= 15 is 0 Å². The summed E-state index contributed by atoms with van der Waals surface area (Å²) >= 11 is 6.30. The lowest BCUT2D eigenvalue weighted by atomic mass is 9.83. The van der Waals surface area contributed by atoms with Crippen LogP contribution in [0.5, 0.6) is 17.5 Å². The van der Waals surface area contributed by atoms with Gasteiger partial charge in [-0.3, -0.25) is 0 Å². The lowest BCUT2D eigenvalue weighted by Gasteiger charge is -2.38. The summed E-state index contributed by atoms with van der Waals surface area (Å²) in [5, 5.41) is 0.126. The molecule has 4 rings (SSSR count). The van der Waals surface area contributed by atoms with E-state index in [4.69, 9.17) is 25.8 Å². The number of benzene rings is 1. The fraction of sp³-hybridized carbons (Fsp3) is 0.750. The molecule has 0 radical (unpaired) electrons. The van der Waals surface area contributed by atoms with E-state index in [2.05, 4.69) is 70.3 Å². The van der Waals surface area contributed by atoms with Crippen LogP contribution in [0.25, 0.3) is 0 Å². The highest BCUT2D eigenvalue weighted by Crippen LogP contribution is 2.46. The molecule has 0 bridgehead atoms. The van der Waals surface area contributed by atoms with Crippen molar-refractivity contribution in [3.8, 4) is 17.5 Å². The number of rotatable bonds is 15. The molecular formula is C36H57ClN4O3. The topological polar surface area (TPSA) is 69.6 Å². The lowest BCUT2D eigenvalue weighted by molar-refractivity contribution is 0.0512. The van der Waals surface area contributed by atoms with Crippen molar-refractivity contribution in [3.05, 3.63) is 27.5 Å². The van der Waals surface area contributed by atoms with E-state index in [1.807, 2.05) is 4.90 Å². The van der Waals surface area contributed by atoms with Crippen molar-refractivity contribution >= 4 is 17.5 Å². The van der Waals surface area contributed by atoms with Crippen LogP contribution in [0.3, 0.4) is 0 Å². The SMILES string of the molecule is Cc1c(C)c2c(c(C)c1Oc1nc(Cl)nc(N3CCOCC3)n1)CC[C@@](C)(CCC[C@H](C)CCC[C@H](C)CCCC(C)C)O2. The van der Waals surface area contributed by atoms with Crippen LogP contribution in [0.1, 0.15) is 121 Å². The summed E-state index contributed by atoms with van der Waals surface area (Å²) < 4.78 is 18.7. The molecule has 1 saturated heterocycles. The van der Waals surface area contributed by atoms with Gasteiger partial charge in [0.05, 0.1) is 13.2 Å². The van der Waals surface area contributed by atoms with Gasteiger partial charge in [-0.2, -0.15) is 15.0 Å². The van der Waals surface area contributed by atoms with Gasteiger partial charge in [-0.25, -0.2) is 0 Å². The highest BCUT2D eigenvalue weighted by Gasteiger charge is 2.35. The van der Waals surface area contributed by atoms with Gasteiger partial charge in [0.2, 0.25) is 11.2 Å². The first-order valence-electron chi connectivity index (χ1n) is 17.2. The maximum atomic E-state index is 6.85. The summed E-state index contributed by atoms with van der Waals surface area (Å²) in [6, 6.07) is 0.216. The van der Waals surface area contributed by atoms with Crippen molar-refractivity contribution < 1.29 is 14.2 Å².